The first-order valence-electron chi connectivity index (χ1n) is 4.44. The molecule has 76 valence electrons. The minimum absolute atomic E-state index is 0.0317. The van der Waals surface area contributed by atoms with Gasteiger partial charge in [-0.2, -0.15) is 0 Å². The number of halogens is 1. The first-order valence-corrected chi connectivity index (χ1v) is 4.87. The lowest BCUT2D eigenvalue weighted by Gasteiger charge is -2.04. The van der Waals surface area contributed by atoms with E-state index in [2.05, 4.69) is 10.6 Å². The van der Waals surface area contributed by atoms with Crippen molar-refractivity contribution in [1.29, 1.82) is 0 Å². The molecule has 0 fully saturated rings. The Morgan fingerprint density at radius 2 is 2.15 bits per heavy atom. The molecule has 0 saturated carbocycles. The van der Waals surface area contributed by atoms with Crippen LogP contribution in [-0.2, 0) is 4.79 Å². The van der Waals surface area contributed by atoms with Gasteiger partial charge in [-0.25, -0.2) is 0 Å². The molecule has 0 aromatic carbocycles. The van der Waals surface area contributed by atoms with E-state index >= 15 is 0 Å². The van der Waals surface area contributed by atoms with E-state index in [4.69, 9.17) is 11.6 Å². The van der Waals surface area contributed by atoms with Gasteiger partial charge in [-0.15, -0.1) is 0 Å². The topological polar surface area (TPSA) is 41.1 Å². The smallest absolute Gasteiger partial charge is 0.233 e. The van der Waals surface area contributed by atoms with Gasteiger partial charge in [-0.3, -0.25) is 4.79 Å². The number of rotatable bonds is 6. The third kappa shape index (κ3) is 7.81. The zero-order valence-electron chi connectivity index (χ0n) is 8.19. The molecule has 2 N–H and O–H groups in total. The second-order valence-corrected chi connectivity index (χ2v) is 3.13. The maximum atomic E-state index is 11.0. The molecule has 0 aliphatic rings. The van der Waals surface area contributed by atoms with Crippen molar-refractivity contribution in [2.75, 3.05) is 19.6 Å². The molecule has 3 nitrogen and oxygen atoms in total. The second kappa shape index (κ2) is 8.08. The van der Waals surface area contributed by atoms with Crippen LogP contribution in [0.5, 0.6) is 0 Å². The molecule has 4 heteroatoms. The Morgan fingerprint density at radius 1 is 1.46 bits per heavy atom. The van der Waals surface area contributed by atoms with Gasteiger partial charge in [0.1, 0.15) is 0 Å². The Balaban J connectivity index is 3.37. The highest BCUT2D eigenvalue weighted by atomic mass is 35.5. The summed E-state index contributed by atoms with van der Waals surface area (Å²) in [7, 11) is 0. The number of nitrogens with one attached hydrogen (secondary N) is 2. The van der Waals surface area contributed by atoms with Gasteiger partial charge in [0, 0.05) is 18.6 Å². The van der Waals surface area contributed by atoms with Crippen LogP contribution >= 0.6 is 11.6 Å². The van der Waals surface area contributed by atoms with E-state index < -0.39 is 0 Å². The maximum absolute atomic E-state index is 11.0. The molecule has 0 spiro atoms. The summed E-state index contributed by atoms with van der Waals surface area (Å²) in [6.45, 7) is 5.67. The number of carbonyl (C=O) groups excluding carboxylic acids is 1. The van der Waals surface area contributed by atoms with Crippen molar-refractivity contribution in [2.24, 2.45) is 0 Å². The van der Waals surface area contributed by atoms with Gasteiger partial charge in [-0.05, 0) is 18.9 Å². The minimum Gasteiger partial charge on any atom is -0.355 e. The molecule has 0 aromatic rings. The molecule has 0 rings (SSSR count). The SMILES string of the molecule is CCCNC(=O)CNCC(C)=CCl. The molecular formula is C9H17ClN2O. The zero-order chi connectivity index (χ0) is 10.1. The van der Waals surface area contributed by atoms with Crippen LogP contribution in [0.15, 0.2) is 11.1 Å². The summed E-state index contributed by atoms with van der Waals surface area (Å²) >= 11 is 5.45. The Bertz CT molecular complexity index is 180. The number of hydrogen-bond donors (Lipinski definition) is 2. The van der Waals surface area contributed by atoms with Crippen LogP contribution in [0.1, 0.15) is 20.3 Å². The van der Waals surface area contributed by atoms with Crippen molar-refractivity contribution in [3.63, 3.8) is 0 Å². The van der Waals surface area contributed by atoms with E-state index in [1.807, 2.05) is 13.8 Å². The summed E-state index contributed by atoms with van der Waals surface area (Å²) in [5.41, 5.74) is 2.53. The summed E-state index contributed by atoms with van der Waals surface area (Å²) in [6, 6.07) is 0. The minimum atomic E-state index is 0.0317. The van der Waals surface area contributed by atoms with E-state index in [1.165, 1.54) is 5.54 Å². The maximum Gasteiger partial charge on any atom is 0.233 e. The van der Waals surface area contributed by atoms with Crippen LogP contribution in [0.3, 0.4) is 0 Å². The van der Waals surface area contributed by atoms with E-state index in [-0.39, 0.29) is 5.91 Å². The highest BCUT2D eigenvalue weighted by Gasteiger charge is 1.97. The van der Waals surface area contributed by atoms with Crippen molar-refractivity contribution in [1.82, 2.24) is 10.6 Å². The number of amides is 1. The molecule has 0 atom stereocenters. The van der Waals surface area contributed by atoms with Crippen molar-refractivity contribution in [3.8, 4) is 0 Å². The van der Waals surface area contributed by atoms with Crippen molar-refractivity contribution in [3.05, 3.63) is 11.1 Å². The largest absolute Gasteiger partial charge is 0.355 e. The van der Waals surface area contributed by atoms with E-state index in [0.717, 1.165) is 18.5 Å². The van der Waals surface area contributed by atoms with E-state index in [1.54, 1.807) is 0 Å². The molecule has 0 saturated heterocycles. The Morgan fingerprint density at radius 3 is 2.69 bits per heavy atom. The first-order chi connectivity index (χ1) is 6.20. The lowest BCUT2D eigenvalue weighted by atomic mass is 10.3. The lowest BCUT2D eigenvalue weighted by Crippen LogP contribution is -2.34. The molecule has 0 radical (unpaired) electrons. The fourth-order valence-electron chi connectivity index (χ4n) is 0.739. The first kappa shape index (κ1) is 12.5. The van der Waals surface area contributed by atoms with Crippen LogP contribution in [0.2, 0.25) is 0 Å². The second-order valence-electron chi connectivity index (χ2n) is 2.91. The van der Waals surface area contributed by atoms with Crippen molar-refractivity contribution in [2.45, 2.75) is 20.3 Å². The monoisotopic (exact) mass is 204 g/mol. The summed E-state index contributed by atoms with van der Waals surface area (Å²) in [4.78, 5) is 11.0. The lowest BCUT2D eigenvalue weighted by molar-refractivity contribution is -0.120. The average Bonchev–Trinajstić information content (AvgIpc) is 2.14. The summed E-state index contributed by atoms with van der Waals surface area (Å²) < 4.78 is 0. The average molecular weight is 205 g/mol. The molecule has 0 bridgehead atoms. The fraction of sp³-hybridized carbons (Fsp3) is 0.667. The zero-order valence-corrected chi connectivity index (χ0v) is 8.95. The molecule has 0 aliphatic carbocycles. The number of hydrogen-bond acceptors (Lipinski definition) is 2. The Kier molecular flexibility index (Phi) is 7.74. The van der Waals surface area contributed by atoms with Crippen LogP contribution in [0, 0.1) is 0 Å². The number of carbonyl (C=O) groups is 1. The van der Waals surface area contributed by atoms with Gasteiger partial charge in [-0.1, -0.05) is 18.5 Å². The molecule has 1 amide bonds. The predicted octanol–water partition coefficient (Wildman–Crippen LogP) is 1.24. The van der Waals surface area contributed by atoms with Crippen LogP contribution in [0.25, 0.3) is 0 Å². The third-order valence-electron chi connectivity index (χ3n) is 1.45. The molecule has 13 heavy (non-hydrogen) atoms. The van der Waals surface area contributed by atoms with E-state index in [0.29, 0.717) is 13.1 Å². The highest BCUT2D eigenvalue weighted by Crippen LogP contribution is 1.91. The van der Waals surface area contributed by atoms with Gasteiger partial charge in [0.2, 0.25) is 5.91 Å². The van der Waals surface area contributed by atoms with Gasteiger partial charge >= 0.3 is 0 Å². The van der Waals surface area contributed by atoms with Gasteiger partial charge < -0.3 is 10.6 Å². The van der Waals surface area contributed by atoms with Gasteiger partial charge in [0.15, 0.2) is 0 Å². The standard InChI is InChI=1S/C9H17ClN2O/c1-3-4-12-9(13)7-11-6-8(2)5-10/h5,11H,3-4,6-7H2,1-2H3,(H,12,13). The quantitative estimate of drug-likeness (QED) is 0.684. The Labute approximate surface area is 84.5 Å². The van der Waals surface area contributed by atoms with Gasteiger partial charge in [0.25, 0.3) is 0 Å². The van der Waals surface area contributed by atoms with Crippen LogP contribution < -0.4 is 10.6 Å². The molecule has 0 aromatic heterocycles. The third-order valence-corrected chi connectivity index (χ3v) is 1.82. The molecule has 0 aliphatic heterocycles. The van der Waals surface area contributed by atoms with Crippen LogP contribution in [0.4, 0.5) is 0 Å². The molecule has 0 unspecified atom stereocenters. The van der Waals surface area contributed by atoms with E-state index in [9.17, 15) is 4.79 Å². The molecular weight excluding hydrogens is 188 g/mol. The molecule has 0 heterocycles. The van der Waals surface area contributed by atoms with Crippen molar-refractivity contribution < 1.29 is 4.79 Å². The highest BCUT2D eigenvalue weighted by molar-refractivity contribution is 6.25. The Hall–Kier alpha value is -0.540. The summed E-state index contributed by atoms with van der Waals surface area (Å²) in [5.74, 6) is 0.0317. The summed E-state index contributed by atoms with van der Waals surface area (Å²) in [6.07, 6.45) is 0.965. The summed E-state index contributed by atoms with van der Waals surface area (Å²) in [5, 5.41) is 5.75. The fourth-order valence-corrected chi connectivity index (χ4v) is 0.816. The van der Waals surface area contributed by atoms with Crippen molar-refractivity contribution >= 4 is 17.5 Å². The predicted molar refractivity (Wildman–Crippen MR) is 55.8 cm³/mol. The van der Waals surface area contributed by atoms with Gasteiger partial charge in [0.05, 0.1) is 6.54 Å². The normalized spacial score (nSPS) is 11.5. The van der Waals surface area contributed by atoms with Crippen LogP contribution in [-0.4, -0.2) is 25.5 Å².